The lowest BCUT2D eigenvalue weighted by atomic mass is 9.98. The molecule has 0 aliphatic carbocycles. The summed E-state index contributed by atoms with van der Waals surface area (Å²) in [4.78, 5) is 4.68. The molecule has 0 spiro atoms. The lowest BCUT2D eigenvalue weighted by Crippen LogP contribution is -1.90. The van der Waals surface area contributed by atoms with Crippen molar-refractivity contribution in [3.63, 3.8) is 0 Å². The van der Waals surface area contributed by atoms with Crippen LogP contribution in [0.2, 0.25) is 0 Å². The molecule has 3 aromatic carbocycles. The summed E-state index contributed by atoms with van der Waals surface area (Å²) < 4.78 is 1.23. The SMILES string of the molecule is Ic1ccc2ccccc2c1-c1nccc2ccccc12. The first kappa shape index (κ1) is 12.8. The normalized spacial score (nSPS) is 11.1. The van der Waals surface area contributed by atoms with E-state index in [0.717, 1.165) is 5.69 Å². The minimum absolute atomic E-state index is 1.06. The van der Waals surface area contributed by atoms with Crippen LogP contribution in [0.3, 0.4) is 0 Å². The predicted octanol–water partition coefficient (Wildman–Crippen LogP) is 5.66. The van der Waals surface area contributed by atoms with Crippen LogP contribution in [0.4, 0.5) is 0 Å². The van der Waals surface area contributed by atoms with Gasteiger partial charge in [-0.15, -0.1) is 0 Å². The summed E-state index contributed by atoms with van der Waals surface area (Å²) in [6.45, 7) is 0. The molecule has 0 aliphatic rings. The molecule has 0 radical (unpaired) electrons. The zero-order valence-electron chi connectivity index (χ0n) is 11.3. The van der Waals surface area contributed by atoms with Gasteiger partial charge >= 0.3 is 0 Å². The van der Waals surface area contributed by atoms with Crippen LogP contribution in [0.1, 0.15) is 0 Å². The van der Waals surface area contributed by atoms with Crippen molar-refractivity contribution in [3.05, 3.63) is 76.5 Å². The van der Waals surface area contributed by atoms with Crippen LogP contribution in [-0.4, -0.2) is 4.98 Å². The van der Waals surface area contributed by atoms with Crippen LogP contribution < -0.4 is 0 Å². The highest BCUT2D eigenvalue weighted by atomic mass is 127. The van der Waals surface area contributed by atoms with Crippen LogP contribution in [0.5, 0.6) is 0 Å². The molecule has 0 bridgehead atoms. The first-order valence-electron chi connectivity index (χ1n) is 6.86. The highest BCUT2D eigenvalue weighted by Gasteiger charge is 2.12. The summed E-state index contributed by atoms with van der Waals surface area (Å²) in [5, 5.41) is 4.94. The maximum absolute atomic E-state index is 4.68. The first-order chi connectivity index (χ1) is 10.3. The molecule has 21 heavy (non-hydrogen) atoms. The van der Waals surface area contributed by atoms with Gasteiger partial charge in [0.25, 0.3) is 0 Å². The lowest BCUT2D eigenvalue weighted by molar-refractivity contribution is 1.36. The number of nitrogens with zero attached hydrogens (tertiary/aromatic N) is 1. The van der Waals surface area contributed by atoms with Gasteiger partial charge in [-0.2, -0.15) is 0 Å². The molecule has 0 fully saturated rings. The fourth-order valence-electron chi connectivity index (χ4n) is 2.80. The zero-order chi connectivity index (χ0) is 14.2. The summed E-state index contributed by atoms with van der Waals surface area (Å²) in [5.74, 6) is 0. The van der Waals surface area contributed by atoms with E-state index in [1.165, 1.54) is 30.7 Å². The Bertz CT molecular complexity index is 954. The third kappa shape index (κ3) is 2.10. The predicted molar refractivity (Wildman–Crippen MR) is 97.4 cm³/mol. The molecule has 100 valence electrons. The van der Waals surface area contributed by atoms with Gasteiger partial charge < -0.3 is 0 Å². The van der Waals surface area contributed by atoms with Gasteiger partial charge in [0.1, 0.15) is 0 Å². The van der Waals surface area contributed by atoms with E-state index in [1.54, 1.807) is 0 Å². The van der Waals surface area contributed by atoms with Gasteiger partial charge in [0.05, 0.1) is 5.69 Å². The average Bonchev–Trinajstić information content (AvgIpc) is 2.54. The van der Waals surface area contributed by atoms with Gasteiger partial charge in [0.2, 0.25) is 0 Å². The molecule has 1 heterocycles. The van der Waals surface area contributed by atoms with Gasteiger partial charge in [-0.05, 0) is 50.9 Å². The van der Waals surface area contributed by atoms with Crippen molar-refractivity contribution in [2.75, 3.05) is 0 Å². The summed E-state index contributed by atoms with van der Waals surface area (Å²) in [6, 6.07) is 23.3. The van der Waals surface area contributed by atoms with E-state index in [0.29, 0.717) is 0 Å². The molecule has 4 aromatic rings. The molecule has 0 unspecified atom stereocenters. The molecule has 0 amide bonds. The molecule has 0 atom stereocenters. The monoisotopic (exact) mass is 381 g/mol. The van der Waals surface area contributed by atoms with Gasteiger partial charge in [-0.25, -0.2) is 0 Å². The Balaban J connectivity index is 2.16. The summed E-state index contributed by atoms with van der Waals surface area (Å²) >= 11 is 2.40. The van der Waals surface area contributed by atoms with Gasteiger partial charge in [-0.3, -0.25) is 4.98 Å². The van der Waals surface area contributed by atoms with Crippen LogP contribution in [0, 0.1) is 3.57 Å². The fourth-order valence-corrected chi connectivity index (χ4v) is 3.53. The molecular weight excluding hydrogens is 369 g/mol. The minimum atomic E-state index is 1.06. The Labute approximate surface area is 136 Å². The second-order valence-corrected chi connectivity index (χ2v) is 6.19. The molecule has 0 N–H and O–H groups in total. The van der Waals surface area contributed by atoms with Crippen LogP contribution in [0.25, 0.3) is 32.8 Å². The summed E-state index contributed by atoms with van der Waals surface area (Å²) in [5.41, 5.74) is 2.29. The van der Waals surface area contributed by atoms with E-state index >= 15 is 0 Å². The van der Waals surface area contributed by atoms with Gasteiger partial charge in [-0.1, -0.05) is 54.6 Å². The van der Waals surface area contributed by atoms with Crippen LogP contribution in [-0.2, 0) is 0 Å². The Kier molecular flexibility index (Phi) is 3.11. The Hall–Kier alpha value is -1.94. The number of aromatic nitrogens is 1. The number of benzene rings is 3. The molecule has 1 nitrogen and oxygen atoms in total. The third-order valence-electron chi connectivity index (χ3n) is 3.79. The standard InChI is InChI=1S/C19H12IN/c20-17-10-9-13-5-1-3-7-15(13)18(17)19-16-8-4-2-6-14(16)11-12-21-19/h1-12H. The highest BCUT2D eigenvalue weighted by Crippen LogP contribution is 2.35. The number of fused-ring (bicyclic) bond motifs is 2. The molecule has 1 aromatic heterocycles. The summed E-state index contributed by atoms with van der Waals surface area (Å²) in [7, 11) is 0. The molecular formula is C19H12IN. The van der Waals surface area contributed by atoms with Crippen molar-refractivity contribution in [2.24, 2.45) is 0 Å². The number of rotatable bonds is 1. The van der Waals surface area contributed by atoms with E-state index in [9.17, 15) is 0 Å². The van der Waals surface area contributed by atoms with Crippen molar-refractivity contribution in [1.82, 2.24) is 4.98 Å². The molecule has 0 aliphatic heterocycles. The molecule has 0 saturated heterocycles. The van der Waals surface area contributed by atoms with E-state index in [2.05, 4.69) is 94.3 Å². The summed E-state index contributed by atoms with van der Waals surface area (Å²) in [6.07, 6.45) is 1.90. The Morgan fingerprint density at radius 3 is 2.14 bits per heavy atom. The topological polar surface area (TPSA) is 12.9 Å². The van der Waals surface area contributed by atoms with E-state index in [1.807, 2.05) is 6.20 Å². The van der Waals surface area contributed by atoms with Gasteiger partial charge in [0.15, 0.2) is 0 Å². The minimum Gasteiger partial charge on any atom is -0.256 e. The number of pyridine rings is 1. The van der Waals surface area contributed by atoms with Gasteiger partial charge in [0, 0.05) is 20.7 Å². The highest BCUT2D eigenvalue weighted by molar-refractivity contribution is 14.1. The maximum Gasteiger partial charge on any atom is 0.0797 e. The fraction of sp³-hybridized carbons (Fsp3) is 0. The van der Waals surface area contributed by atoms with Crippen molar-refractivity contribution in [1.29, 1.82) is 0 Å². The van der Waals surface area contributed by atoms with Crippen molar-refractivity contribution in [3.8, 4) is 11.3 Å². The van der Waals surface area contributed by atoms with Crippen molar-refractivity contribution < 1.29 is 0 Å². The van der Waals surface area contributed by atoms with E-state index in [-0.39, 0.29) is 0 Å². The number of hydrogen-bond donors (Lipinski definition) is 0. The molecule has 0 saturated carbocycles. The number of halogens is 1. The largest absolute Gasteiger partial charge is 0.256 e. The number of hydrogen-bond acceptors (Lipinski definition) is 1. The third-order valence-corrected chi connectivity index (χ3v) is 4.69. The molecule has 4 rings (SSSR count). The van der Waals surface area contributed by atoms with Crippen LogP contribution in [0.15, 0.2) is 72.9 Å². The van der Waals surface area contributed by atoms with E-state index < -0.39 is 0 Å². The smallest absolute Gasteiger partial charge is 0.0797 e. The Morgan fingerprint density at radius 1 is 0.667 bits per heavy atom. The lowest BCUT2D eigenvalue weighted by Gasteiger charge is -2.11. The van der Waals surface area contributed by atoms with Crippen molar-refractivity contribution >= 4 is 44.1 Å². The molecule has 2 heteroatoms. The quantitative estimate of drug-likeness (QED) is 0.388. The van der Waals surface area contributed by atoms with Crippen molar-refractivity contribution in [2.45, 2.75) is 0 Å². The maximum atomic E-state index is 4.68. The first-order valence-corrected chi connectivity index (χ1v) is 7.94. The Morgan fingerprint density at radius 2 is 1.33 bits per heavy atom. The average molecular weight is 381 g/mol. The second kappa shape index (κ2) is 5.11. The zero-order valence-corrected chi connectivity index (χ0v) is 13.4. The van der Waals surface area contributed by atoms with Crippen LogP contribution >= 0.6 is 22.6 Å². The van der Waals surface area contributed by atoms with E-state index in [4.69, 9.17) is 0 Å². The second-order valence-electron chi connectivity index (χ2n) is 5.02.